The normalized spacial score (nSPS) is 17.2. The third-order valence-corrected chi connectivity index (χ3v) is 2.79. The maximum atomic E-state index is 11.9. The van der Waals surface area contributed by atoms with Crippen LogP contribution in [0.1, 0.15) is 18.4 Å². The van der Waals surface area contributed by atoms with Crippen LogP contribution in [0.4, 0.5) is 8.78 Å². The van der Waals surface area contributed by atoms with E-state index in [-0.39, 0.29) is 5.75 Å². The summed E-state index contributed by atoms with van der Waals surface area (Å²) in [5.74, 6) is -0.824. The van der Waals surface area contributed by atoms with Crippen molar-refractivity contribution < 1.29 is 23.4 Å². The van der Waals surface area contributed by atoms with Crippen molar-refractivity contribution in [1.29, 1.82) is 0 Å². The first-order valence-corrected chi connectivity index (χ1v) is 4.83. The van der Waals surface area contributed by atoms with E-state index < -0.39 is 18.0 Å². The number of ether oxygens (including phenoxy) is 1. The lowest BCUT2D eigenvalue weighted by atomic mass is 9.96. The fraction of sp³-hybridized carbons (Fsp3) is 0.364. The van der Waals surface area contributed by atoms with Crippen molar-refractivity contribution in [3.8, 4) is 5.75 Å². The van der Waals surface area contributed by atoms with Gasteiger partial charge in [-0.3, -0.25) is 4.79 Å². The molecule has 0 bridgehead atoms. The maximum absolute atomic E-state index is 11.9. The minimum Gasteiger partial charge on any atom is -0.481 e. The summed E-state index contributed by atoms with van der Waals surface area (Å²) < 4.78 is 27.9. The summed E-state index contributed by atoms with van der Waals surface area (Å²) in [5, 5.41) is 9.02. The highest BCUT2D eigenvalue weighted by Crippen LogP contribution is 2.48. The van der Waals surface area contributed by atoms with Crippen molar-refractivity contribution in [3.63, 3.8) is 0 Å². The second kappa shape index (κ2) is 3.73. The van der Waals surface area contributed by atoms with Crippen LogP contribution in [0, 0.1) is 0 Å². The Hall–Kier alpha value is -1.65. The van der Waals surface area contributed by atoms with Gasteiger partial charge in [-0.15, -0.1) is 0 Å². The second-order valence-electron chi connectivity index (χ2n) is 3.79. The minimum absolute atomic E-state index is 0.0416. The van der Waals surface area contributed by atoms with Crippen LogP contribution in [0.2, 0.25) is 0 Å². The van der Waals surface area contributed by atoms with Crippen LogP contribution in [0.25, 0.3) is 0 Å². The molecule has 2 rings (SSSR count). The summed E-state index contributed by atoms with van der Waals surface area (Å²) in [6.07, 6.45) is 1.19. The van der Waals surface area contributed by atoms with E-state index >= 15 is 0 Å². The Morgan fingerprint density at radius 3 is 2.25 bits per heavy atom. The summed E-state index contributed by atoms with van der Waals surface area (Å²) in [7, 11) is 0. The number of carbonyl (C=O) groups is 1. The molecule has 1 N–H and O–H groups in total. The lowest BCUT2D eigenvalue weighted by Crippen LogP contribution is -2.19. The molecule has 1 fully saturated rings. The molecule has 0 heterocycles. The molecule has 0 spiro atoms. The van der Waals surface area contributed by atoms with Gasteiger partial charge >= 0.3 is 12.6 Å². The molecule has 1 saturated carbocycles. The number of halogens is 2. The van der Waals surface area contributed by atoms with Gasteiger partial charge in [0.25, 0.3) is 0 Å². The van der Waals surface area contributed by atoms with Gasteiger partial charge in [-0.25, -0.2) is 0 Å². The summed E-state index contributed by atoms with van der Waals surface area (Å²) in [4.78, 5) is 11.0. The molecule has 0 amide bonds. The van der Waals surface area contributed by atoms with E-state index in [4.69, 9.17) is 5.11 Å². The van der Waals surface area contributed by atoms with Crippen molar-refractivity contribution in [2.24, 2.45) is 0 Å². The fourth-order valence-electron chi connectivity index (χ4n) is 1.71. The van der Waals surface area contributed by atoms with Crippen molar-refractivity contribution in [3.05, 3.63) is 29.8 Å². The Kier molecular flexibility index (Phi) is 2.53. The zero-order valence-electron chi connectivity index (χ0n) is 8.32. The highest BCUT2D eigenvalue weighted by molar-refractivity contribution is 5.84. The van der Waals surface area contributed by atoms with Gasteiger partial charge in [-0.2, -0.15) is 8.78 Å². The van der Waals surface area contributed by atoms with Crippen LogP contribution in [-0.4, -0.2) is 17.7 Å². The molecule has 5 heteroatoms. The average Bonchev–Trinajstić information content (AvgIpc) is 2.98. The number of aliphatic carboxylic acids is 1. The van der Waals surface area contributed by atoms with Gasteiger partial charge in [-0.05, 0) is 30.5 Å². The van der Waals surface area contributed by atoms with Crippen molar-refractivity contribution in [2.75, 3.05) is 0 Å². The number of hydrogen-bond donors (Lipinski definition) is 1. The van der Waals surface area contributed by atoms with E-state index in [1.807, 2.05) is 0 Å². The molecule has 0 saturated heterocycles. The fourth-order valence-corrected chi connectivity index (χ4v) is 1.71. The predicted octanol–water partition coefficient (Wildman–Crippen LogP) is 2.40. The number of carboxylic acid groups (broad SMARTS) is 1. The molecule has 1 aliphatic rings. The summed E-state index contributed by atoms with van der Waals surface area (Å²) >= 11 is 0. The quantitative estimate of drug-likeness (QED) is 0.860. The maximum Gasteiger partial charge on any atom is 0.387 e. The topological polar surface area (TPSA) is 46.5 Å². The predicted molar refractivity (Wildman–Crippen MR) is 51.6 cm³/mol. The Bertz CT molecular complexity index is 396. The molecule has 0 aromatic heterocycles. The third-order valence-electron chi connectivity index (χ3n) is 2.79. The Morgan fingerprint density at radius 2 is 1.88 bits per heavy atom. The van der Waals surface area contributed by atoms with Crippen LogP contribution < -0.4 is 4.74 Å². The van der Waals surface area contributed by atoms with Crippen LogP contribution in [0.5, 0.6) is 5.75 Å². The van der Waals surface area contributed by atoms with E-state index in [0.717, 1.165) is 0 Å². The largest absolute Gasteiger partial charge is 0.481 e. The number of alkyl halides is 2. The number of rotatable bonds is 4. The first-order valence-electron chi connectivity index (χ1n) is 4.83. The van der Waals surface area contributed by atoms with Crippen molar-refractivity contribution in [2.45, 2.75) is 24.9 Å². The molecule has 0 aliphatic heterocycles. The van der Waals surface area contributed by atoms with Crippen LogP contribution in [-0.2, 0) is 10.2 Å². The van der Waals surface area contributed by atoms with Crippen LogP contribution in [0.3, 0.4) is 0 Å². The highest BCUT2D eigenvalue weighted by Gasteiger charge is 2.51. The molecular formula is C11H10F2O3. The molecule has 0 atom stereocenters. The Labute approximate surface area is 90.7 Å². The highest BCUT2D eigenvalue weighted by atomic mass is 19.3. The zero-order valence-corrected chi connectivity index (χ0v) is 8.32. The first kappa shape index (κ1) is 10.9. The molecule has 1 aromatic rings. The third kappa shape index (κ3) is 1.85. The SMILES string of the molecule is O=C(O)C1(c2ccc(OC(F)F)cc2)CC1. The molecule has 3 nitrogen and oxygen atoms in total. The van der Waals surface area contributed by atoms with E-state index in [0.29, 0.717) is 18.4 Å². The van der Waals surface area contributed by atoms with Crippen LogP contribution >= 0.6 is 0 Å². The standard InChI is InChI=1S/C11H10F2O3/c12-10(13)16-8-3-1-7(2-4-8)11(5-6-11)9(14)15/h1-4,10H,5-6H2,(H,14,15). The zero-order chi connectivity index (χ0) is 11.8. The van der Waals surface area contributed by atoms with E-state index in [1.54, 1.807) is 0 Å². The molecule has 1 aromatic carbocycles. The molecule has 1 aliphatic carbocycles. The summed E-state index contributed by atoms with van der Waals surface area (Å²) in [5.41, 5.74) is -0.162. The van der Waals surface area contributed by atoms with Gasteiger partial charge in [0.2, 0.25) is 0 Å². The van der Waals surface area contributed by atoms with Gasteiger partial charge in [0.05, 0.1) is 5.41 Å². The average molecular weight is 228 g/mol. The minimum atomic E-state index is -2.86. The number of hydrogen-bond acceptors (Lipinski definition) is 2. The van der Waals surface area contributed by atoms with Gasteiger partial charge in [-0.1, -0.05) is 12.1 Å². The molecule has 0 unspecified atom stereocenters. The Morgan fingerprint density at radius 1 is 1.31 bits per heavy atom. The molecule has 0 radical (unpaired) electrons. The smallest absolute Gasteiger partial charge is 0.387 e. The number of carboxylic acids is 1. The number of benzene rings is 1. The van der Waals surface area contributed by atoms with E-state index in [1.165, 1.54) is 24.3 Å². The van der Waals surface area contributed by atoms with Gasteiger partial charge < -0.3 is 9.84 Å². The van der Waals surface area contributed by atoms with Crippen molar-refractivity contribution in [1.82, 2.24) is 0 Å². The van der Waals surface area contributed by atoms with Gasteiger partial charge in [0.15, 0.2) is 0 Å². The van der Waals surface area contributed by atoms with Crippen LogP contribution in [0.15, 0.2) is 24.3 Å². The molecule has 86 valence electrons. The lowest BCUT2D eigenvalue weighted by Gasteiger charge is -2.11. The second-order valence-corrected chi connectivity index (χ2v) is 3.79. The van der Waals surface area contributed by atoms with Crippen molar-refractivity contribution >= 4 is 5.97 Å². The van der Waals surface area contributed by atoms with Gasteiger partial charge in [0, 0.05) is 0 Å². The molecule has 16 heavy (non-hydrogen) atoms. The van der Waals surface area contributed by atoms with Gasteiger partial charge in [0.1, 0.15) is 5.75 Å². The Balaban J connectivity index is 2.17. The van der Waals surface area contributed by atoms with E-state index in [2.05, 4.69) is 4.74 Å². The lowest BCUT2D eigenvalue weighted by molar-refractivity contribution is -0.140. The van der Waals surface area contributed by atoms with E-state index in [9.17, 15) is 13.6 Å². The monoisotopic (exact) mass is 228 g/mol. The summed E-state index contributed by atoms with van der Waals surface area (Å²) in [6.45, 7) is -2.86. The summed E-state index contributed by atoms with van der Waals surface area (Å²) in [6, 6.07) is 5.78. The first-order chi connectivity index (χ1) is 7.54. The molecular weight excluding hydrogens is 218 g/mol.